The molecule has 4 nitrogen and oxygen atoms in total. The Balaban J connectivity index is 1.85. The largest absolute Gasteiger partial charge is 0.389 e. The van der Waals surface area contributed by atoms with Gasteiger partial charge in [0.15, 0.2) is 0 Å². The van der Waals surface area contributed by atoms with E-state index >= 15 is 0 Å². The molecule has 0 radical (unpaired) electrons. The number of carbonyl (C=O) groups excluding carboxylic acids is 1. The van der Waals surface area contributed by atoms with Gasteiger partial charge in [0.05, 0.1) is 19.1 Å². The van der Waals surface area contributed by atoms with E-state index in [1.807, 2.05) is 7.05 Å². The molecule has 1 heterocycles. The summed E-state index contributed by atoms with van der Waals surface area (Å²) in [6, 6.07) is 0. The Labute approximate surface area is 123 Å². The maximum absolute atomic E-state index is 12.3. The lowest BCUT2D eigenvalue weighted by atomic mass is 10.2. The Kier molecular flexibility index (Phi) is 5.48. The number of morpholine rings is 1. The maximum atomic E-state index is 12.3. The van der Waals surface area contributed by atoms with Gasteiger partial charge in [-0.15, -0.1) is 0 Å². The first-order valence-electron chi connectivity index (χ1n) is 7.48. The van der Waals surface area contributed by atoms with Crippen molar-refractivity contribution in [1.82, 2.24) is 9.80 Å². The van der Waals surface area contributed by atoms with E-state index in [4.69, 9.17) is 4.74 Å². The minimum Gasteiger partial charge on any atom is -0.374 e. The van der Waals surface area contributed by atoms with E-state index in [0.717, 1.165) is 19.4 Å². The van der Waals surface area contributed by atoms with Crippen LogP contribution in [0.25, 0.3) is 0 Å². The number of halogens is 3. The third-order valence-corrected chi connectivity index (χ3v) is 3.92. The third-order valence-electron chi connectivity index (χ3n) is 3.92. The molecule has 1 saturated heterocycles. The van der Waals surface area contributed by atoms with Crippen LogP contribution < -0.4 is 0 Å². The molecule has 0 spiro atoms. The van der Waals surface area contributed by atoms with Crippen LogP contribution in [-0.4, -0.2) is 67.8 Å². The minimum absolute atomic E-state index is 0.0997. The van der Waals surface area contributed by atoms with Crippen molar-refractivity contribution < 1.29 is 22.7 Å². The number of nitrogens with zero attached hydrogens (tertiary/aromatic N) is 2. The third kappa shape index (κ3) is 6.22. The van der Waals surface area contributed by atoms with Crippen molar-refractivity contribution in [2.75, 3.05) is 39.8 Å². The highest BCUT2D eigenvalue weighted by Crippen LogP contribution is 2.30. The molecule has 2 rings (SSSR count). The average molecular weight is 308 g/mol. The monoisotopic (exact) mass is 308 g/mol. The number of amides is 1. The lowest BCUT2D eigenvalue weighted by Gasteiger charge is -2.34. The van der Waals surface area contributed by atoms with Crippen LogP contribution in [0.15, 0.2) is 0 Å². The number of carbonyl (C=O) groups is 1. The number of hydrogen-bond acceptors (Lipinski definition) is 3. The lowest BCUT2D eigenvalue weighted by molar-refractivity contribution is -0.150. The summed E-state index contributed by atoms with van der Waals surface area (Å²) in [5.41, 5.74) is 0. The molecule has 1 atom stereocenters. The van der Waals surface area contributed by atoms with Crippen LogP contribution >= 0.6 is 0 Å². The van der Waals surface area contributed by atoms with Crippen molar-refractivity contribution >= 4 is 5.91 Å². The molecule has 1 amide bonds. The first-order valence-corrected chi connectivity index (χ1v) is 7.48. The minimum atomic E-state index is -4.28. The molecule has 0 aromatic heterocycles. The van der Waals surface area contributed by atoms with Gasteiger partial charge in [0.25, 0.3) is 0 Å². The molecule has 1 aliphatic heterocycles. The summed E-state index contributed by atoms with van der Waals surface area (Å²) >= 11 is 0. The summed E-state index contributed by atoms with van der Waals surface area (Å²) in [5.74, 6) is 0.0530. The molecular formula is C14H23F3N2O2. The van der Waals surface area contributed by atoms with E-state index in [2.05, 4.69) is 4.90 Å². The van der Waals surface area contributed by atoms with Crippen LogP contribution in [0.3, 0.4) is 0 Å². The van der Waals surface area contributed by atoms with E-state index in [0.29, 0.717) is 32.2 Å². The molecule has 0 aromatic carbocycles. The van der Waals surface area contributed by atoms with Crippen molar-refractivity contribution in [3.05, 3.63) is 0 Å². The van der Waals surface area contributed by atoms with Crippen LogP contribution in [0.4, 0.5) is 13.2 Å². The zero-order valence-electron chi connectivity index (χ0n) is 12.4. The van der Waals surface area contributed by atoms with Crippen molar-refractivity contribution in [2.45, 2.75) is 38.0 Å². The summed E-state index contributed by atoms with van der Waals surface area (Å²) < 4.78 is 42.4. The molecule has 0 aromatic rings. The lowest BCUT2D eigenvalue weighted by Crippen LogP contribution is -2.48. The van der Waals surface area contributed by atoms with Gasteiger partial charge in [0.2, 0.25) is 5.91 Å². The van der Waals surface area contributed by atoms with Gasteiger partial charge in [-0.2, -0.15) is 13.2 Å². The van der Waals surface area contributed by atoms with Gasteiger partial charge in [0, 0.05) is 32.6 Å². The second-order valence-corrected chi connectivity index (χ2v) is 6.11. The molecule has 21 heavy (non-hydrogen) atoms. The second-order valence-electron chi connectivity index (χ2n) is 6.11. The summed E-state index contributed by atoms with van der Waals surface area (Å²) in [4.78, 5) is 15.8. The Bertz CT molecular complexity index is 359. The van der Waals surface area contributed by atoms with E-state index < -0.39 is 24.9 Å². The molecular weight excluding hydrogens is 285 g/mol. The van der Waals surface area contributed by atoms with Crippen molar-refractivity contribution in [3.63, 3.8) is 0 Å². The highest BCUT2D eigenvalue weighted by Gasteiger charge is 2.32. The summed E-state index contributed by atoms with van der Waals surface area (Å²) in [6.07, 6.45) is -3.75. The number of ether oxygens (including phenoxy) is 1. The fourth-order valence-corrected chi connectivity index (χ4v) is 2.52. The van der Waals surface area contributed by atoms with Crippen LogP contribution in [-0.2, 0) is 9.53 Å². The highest BCUT2D eigenvalue weighted by molar-refractivity contribution is 5.76. The number of rotatable bonds is 6. The Morgan fingerprint density at radius 3 is 2.62 bits per heavy atom. The van der Waals surface area contributed by atoms with Crippen LogP contribution in [0.2, 0.25) is 0 Å². The van der Waals surface area contributed by atoms with Gasteiger partial charge in [0.1, 0.15) is 0 Å². The maximum Gasteiger partial charge on any atom is 0.389 e. The predicted octanol–water partition coefficient (Wildman–Crippen LogP) is 1.90. The fourth-order valence-electron chi connectivity index (χ4n) is 2.52. The SMILES string of the molecule is CN1CCOC(CN(CC2CC2)C(=O)CCC(F)(F)F)C1. The van der Waals surface area contributed by atoms with Crippen molar-refractivity contribution in [3.8, 4) is 0 Å². The summed E-state index contributed by atoms with van der Waals surface area (Å²) in [7, 11) is 1.98. The van der Waals surface area contributed by atoms with Crippen molar-refractivity contribution in [1.29, 1.82) is 0 Å². The van der Waals surface area contributed by atoms with E-state index in [1.54, 1.807) is 4.90 Å². The van der Waals surface area contributed by atoms with Gasteiger partial charge in [-0.3, -0.25) is 4.79 Å². The molecule has 0 bridgehead atoms. The standard InChI is InChI=1S/C14H23F3N2O2/c1-18-6-7-21-12(9-18)10-19(8-11-2-3-11)13(20)4-5-14(15,16)17/h11-12H,2-10H2,1H3. The Hall–Kier alpha value is -0.820. The normalized spacial score (nSPS) is 24.1. The molecule has 0 N–H and O–H groups in total. The first-order chi connectivity index (χ1) is 9.83. The van der Waals surface area contributed by atoms with Crippen LogP contribution in [0.1, 0.15) is 25.7 Å². The second kappa shape index (κ2) is 6.96. The number of likely N-dealkylation sites (N-methyl/N-ethyl adjacent to an activating group) is 1. The smallest absolute Gasteiger partial charge is 0.374 e. The van der Waals surface area contributed by atoms with Gasteiger partial charge in [-0.25, -0.2) is 0 Å². The van der Waals surface area contributed by atoms with Gasteiger partial charge < -0.3 is 14.5 Å². The average Bonchev–Trinajstić information content (AvgIpc) is 3.18. The molecule has 1 aliphatic carbocycles. The Morgan fingerprint density at radius 2 is 2.05 bits per heavy atom. The predicted molar refractivity (Wildman–Crippen MR) is 71.8 cm³/mol. The van der Waals surface area contributed by atoms with Gasteiger partial charge in [-0.05, 0) is 25.8 Å². The molecule has 2 fully saturated rings. The number of hydrogen-bond donors (Lipinski definition) is 0. The quantitative estimate of drug-likeness (QED) is 0.751. The molecule has 1 unspecified atom stereocenters. The highest BCUT2D eigenvalue weighted by atomic mass is 19.4. The zero-order chi connectivity index (χ0) is 15.5. The molecule has 1 saturated carbocycles. The molecule has 122 valence electrons. The zero-order valence-corrected chi connectivity index (χ0v) is 12.4. The first kappa shape index (κ1) is 16.5. The molecule has 7 heteroatoms. The fraction of sp³-hybridized carbons (Fsp3) is 0.929. The summed E-state index contributed by atoms with van der Waals surface area (Å²) in [6.45, 7) is 3.14. The molecule has 2 aliphatic rings. The van der Waals surface area contributed by atoms with Gasteiger partial charge >= 0.3 is 6.18 Å². The Morgan fingerprint density at radius 1 is 1.33 bits per heavy atom. The number of alkyl halides is 3. The van der Waals surface area contributed by atoms with E-state index in [9.17, 15) is 18.0 Å². The summed E-state index contributed by atoms with van der Waals surface area (Å²) in [5, 5.41) is 0. The topological polar surface area (TPSA) is 32.8 Å². The van der Waals surface area contributed by atoms with Gasteiger partial charge in [-0.1, -0.05) is 0 Å². The van der Waals surface area contributed by atoms with Crippen LogP contribution in [0, 0.1) is 5.92 Å². The van der Waals surface area contributed by atoms with E-state index in [1.165, 1.54) is 0 Å². The van der Waals surface area contributed by atoms with E-state index in [-0.39, 0.29) is 6.10 Å². The van der Waals surface area contributed by atoms with Crippen molar-refractivity contribution in [2.24, 2.45) is 5.92 Å². The van der Waals surface area contributed by atoms with Crippen LogP contribution in [0.5, 0.6) is 0 Å².